The zero-order valence-corrected chi connectivity index (χ0v) is 11.6. The summed E-state index contributed by atoms with van der Waals surface area (Å²) >= 11 is 0. The first-order chi connectivity index (χ1) is 10.5. The summed E-state index contributed by atoms with van der Waals surface area (Å²) in [6.07, 6.45) is 0. The number of aliphatic carboxylic acids is 1. The molecular formula is C16H12FNO4. The average Bonchev–Trinajstić information content (AvgIpc) is 2.60. The van der Waals surface area contributed by atoms with Crippen molar-refractivity contribution in [2.45, 2.75) is 12.8 Å². The van der Waals surface area contributed by atoms with Gasteiger partial charge in [0.15, 0.2) is 5.75 Å². The molecule has 0 radical (unpaired) electrons. The van der Waals surface area contributed by atoms with Gasteiger partial charge in [0.1, 0.15) is 11.6 Å². The van der Waals surface area contributed by atoms with Gasteiger partial charge in [-0.3, -0.25) is 9.59 Å². The SMILES string of the molecule is CC(C(=O)O)c1ccc2c(c1)Oc1cc(F)ccc1C(=O)N2. The number of benzene rings is 2. The number of halogens is 1. The molecule has 1 heterocycles. The molecule has 3 rings (SSSR count). The molecule has 1 atom stereocenters. The van der Waals surface area contributed by atoms with Crippen molar-refractivity contribution in [1.82, 2.24) is 0 Å². The van der Waals surface area contributed by atoms with Crippen molar-refractivity contribution in [2.75, 3.05) is 5.32 Å². The van der Waals surface area contributed by atoms with E-state index in [1.807, 2.05) is 0 Å². The van der Waals surface area contributed by atoms with Gasteiger partial charge in [0.25, 0.3) is 5.91 Å². The van der Waals surface area contributed by atoms with E-state index in [1.165, 1.54) is 18.2 Å². The number of carbonyl (C=O) groups excluding carboxylic acids is 1. The topological polar surface area (TPSA) is 75.6 Å². The fraction of sp³-hybridized carbons (Fsp3) is 0.125. The van der Waals surface area contributed by atoms with Crippen LogP contribution in [0.5, 0.6) is 11.5 Å². The lowest BCUT2D eigenvalue weighted by molar-refractivity contribution is -0.138. The van der Waals surface area contributed by atoms with Crippen LogP contribution in [0.1, 0.15) is 28.8 Å². The first kappa shape index (κ1) is 14.1. The first-order valence-electron chi connectivity index (χ1n) is 6.61. The number of fused-ring (bicyclic) bond motifs is 2. The van der Waals surface area contributed by atoms with Crippen molar-refractivity contribution in [1.29, 1.82) is 0 Å². The smallest absolute Gasteiger partial charge is 0.310 e. The maximum Gasteiger partial charge on any atom is 0.310 e. The molecule has 0 fully saturated rings. The number of amides is 1. The van der Waals surface area contributed by atoms with Crippen LogP contribution in [0.3, 0.4) is 0 Å². The van der Waals surface area contributed by atoms with E-state index in [1.54, 1.807) is 19.1 Å². The maximum atomic E-state index is 13.4. The number of carbonyl (C=O) groups is 2. The van der Waals surface area contributed by atoms with Gasteiger partial charge >= 0.3 is 5.97 Å². The lowest BCUT2D eigenvalue weighted by Crippen LogP contribution is -2.11. The summed E-state index contributed by atoms with van der Waals surface area (Å²) in [5.41, 5.74) is 1.15. The highest BCUT2D eigenvalue weighted by Crippen LogP contribution is 2.37. The van der Waals surface area contributed by atoms with Crippen LogP contribution in [0.2, 0.25) is 0 Å². The number of ether oxygens (including phenoxy) is 1. The van der Waals surface area contributed by atoms with Gasteiger partial charge in [0, 0.05) is 6.07 Å². The van der Waals surface area contributed by atoms with Gasteiger partial charge in [0.2, 0.25) is 0 Å². The van der Waals surface area contributed by atoms with Crippen molar-refractivity contribution < 1.29 is 23.8 Å². The second-order valence-corrected chi connectivity index (χ2v) is 5.01. The summed E-state index contributed by atoms with van der Waals surface area (Å²) in [4.78, 5) is 23.2. The number of carboxylic acids is 1. The molecule has 2 N–H and O–H groups in total. The molecule has 2 aromatic rings. The highest BCUT2D eigenvalue weighted by atomic mass is 19.1. The van der Waals surface area contributed by atoms with E-state index in [4.69, 9.17) is 9.84 Å². The molecule has 0 saturated carbocycles. The average molecular weight is 301 g/mol. The van der Waals surface area contributed by atoms with E-state index in [2.05, 4.69) is 5.32 Å². The van der Waals surface area contributed by atoms with E-state index in [0.29, 0.717) is 11.3 Å². The van der Waals surface area contributed by atoms with Gasteiger partial charge in [-0.05, 0) is 36.8 Å². The molecule has 5 nitrogen and oxygen atoms in total. The number of anilines is 1. The lowest BCUT2D eigenvalue weighted by atomic mass is 10.0. The summed E-state index contributed by atoms with van der Waals surface area (Å²) in [5, 5.41) is 11.7. The third-order valence-electron chi connectivity index (χ3n) is 3.53. The Hall–Kier alpha value is -2.89. The molecule has 0 aliphatic carbocycles. The predicted molar refractivity (Wildman–Crippen MR) is 76.9 cm³/mol. The van der Waals surface area contributed by atoms with Gasteiger partial charge in [-0.2, -0.15) is 0 Å². The molecule has 22 heavy (non-hydrogen) atoms. The van der Waals surface area contributed by atoms with E-state index < -0.39 is 23.6 Å². The normalized spacial score (nSPS) is 14.0. The van der Waals surface area contributed by atoms with Crippen LogP contribution >= 0.6 is 0 Å². The van der Waals surface area contributed by atoms with Crippen LogP contribution in [-0.2, 0) is 4.79 Å². The monoisotopic (exact) mass is 301 g/mol. The van der Waals surface area contributed by atoms with Crippen LogP contribution in [-0.4, -0.2) is 17.0 Å². The molecule has 1 aliphatic heterocycles. The summed E-state index contributed by atoms with van der Waals surface area (Å²) in [6, 6.07) is 8.36. The zero-order valence-electron chi connectivity index (χ0n) is 11.6. The number of rotatable bonds is 2. The lowest BCUT2D eigenvalue weighted by Gasteiger charge is -2.12. The molecule has 0 aromatic heterocycles. The highest BCUT2D eigenvalue weighted by Gasteiger charge is 2.23. The standard InChI is InChI=1S/C16H12FNO4/c1-8(16(20)21)9-2-5-12-14(6-9)22-13-7-10(17)3-4-11(13)15(19)18-12/h2-8H,1H3,(H,18,19)(H,20,21). The van der Waals surface area contributed by atoms with Gasteiger partial charge in [-0.1, -0.05) is 6.07 Å². The molecular weight excluding hydrogens is 289 g/mol. The molecule has 0 spiro atoms. The van der Waals surface area contributed by atoms with Crippen LogP contribution in [0, 0.1) is 5.82 Å². The largest absolute Gasteiger partial charge is 0.481 e. The molecule has 0 saturated heterocycles. The van der Waals surface area contributed by atoms with Crippen LogP contribution in [0.25, 0.3) is 0 Å². The van der Waals surface area contributed by atoms with Crippen LogP contribution in [0.15, 0.2) is 36.4 Å². The third-order valence-corrected chi connectivity index (χ3v) is 3.53. The number of carboxylic acid groups (broad SMARTS) is 1. The van der Waals surface area contributed by atoms with Gasteiger partial charge in [-0.15, -0.1) is 0 Å². The Morgan fingerprint density at radius 1 is 1.23 bits per heavy atom. The predicted octanol–water partition coefficient (Wildman–Crippen LogP) is 3.37. The van der Waals surface area contributed by atoms with Crippen molar-refractivity contribution in [2.24, 2.45) is 0 Å². The number of hydrogen-bond acceptors (Lipinski definition) is 3. The molecule has 1 amide bonds. The van der Waals surface area contributed by atoms with Gasteiger partial charge in [-0.25, -0.2) is 4.39 Å². The summed E-state index contributed by atoms with van der Waals surface area (Å²) in [5.74, 6) is -2.25. The second kappa shape index (κ2) is 5.14. The van der Waals surface area contributed by atoms with Crippen molar-refractivity contribution >= 4 is 17.6 Å². The molecule has 1 unspecified atom stereocenters. The number of hydrogen-bond donors (Lipinski definition) is 2. The Bertz CT molecular complexity index is 788. The van der Waals surface area contributed by atoms with E-state index in [9.17, 15) is 14.0 Å². The van der Waals surface area contributed by atoms with E-state index in [-0.39, 0.29) is 17.1 Å². The Balaban J connectivity index is 2.08. The van der Waals surface area contributed by atoms with Crippen molar-refractivity contribution in [3.63, 3.8) is 0 Å². The molecule has 2 aromatic carbocycles. The van der Waals surface area contributed by atoms with Gasteiger partial charge in [0.05, 0.1) is 17.2 Å². The minimum Gasteiger partial charge on any atom is -0.481 e. The molecule has 1 aliphatic rings. The van der Waals surface area contributed by atoms with Crippen LogP contribution < -0.4 is 10.1 Å². The summed E-state index contributed by atoms with van der Waals surface area (Å²) in [6.45, 7) is 1.55. The van der Waals surface area contributed by atoms with E-state index >= 15 is 0 Å². The zero-order chi connectivity index (χ0) is 15.9. The fourth-order valence-electron chi connectivity index (χ4n) is 2.21. The minimum atomic E-state index is -0.968. The van der Waals surface area contributed by atoms with Gasteiger partial charge < -0.3 is 15.2 Å². The maximum absolute atomic E-state index is 13.4. The minimum absolute atomic E-state index is 0.0939. The number of nitrogens with one attached hydrogen (secondary N) is 1. The van der Waals surface area contributed by atoms with E-state index in [0.717, 1.165) is 6.07 Å². The highest BCUT2D eigenvalue weighted by molar-refractivity contribution is 6.08. The van der Waals surface area contributed by atoms with Crippen molar-refractivity contribution in [3.8, 4) is 11.5 Å². The summed E-state index contributed by atoms with van der Waals surface area (Å²) < 4.78 is 19.0. The molecule has 0 bridgehead atoms. The second-order valence-electron chi connectivity index (χ2n) is 5.01. The Labute approximate surface area is 125 Å². The Morgan fingerprint density at radius 2 is 2.00 bits per heavy atom. The molecule has 6 heteroatoms. The van der Waals surface area contributed by atoms with Crippen LogP contribution in [0.4, 0.5) is 10.1 Å². The first-order valence-corrected chi connectivity index (χ1v) is 6.61. The fourth-order valence-corrected chi connectivity index (χ4v) is 2.21. The Kier molecular flexibility index (Phi) is 3.29. The Morgan fingerprint density at radius 3 is 2.73 bits per heavy atom. The quantitative estimate of drug-likeness (QED) is 0.891. The summed E-state index contributed by atoms with van der Waals surface area (Å²) in [7, 11) is 0. The third kappa shape index (κ3) is 2.39. The molecule has 112 valence electrons. The van der Waals surface area contributed by atoms with Crippen molar-refractivity contribution in [3.05, 3.63) is 53.3 Å².